The first kappa shape index (κ1) is 19.6. The van der Waals surface area contributed by atoms with Gasteiger partial charge in [0.2, 0.25) is 0 Å². The molecule has 3 aromatic rings. The Morgan fingerprint density at radius 1 is 1.17 bits per heavy atom. The van der Waals surface area contributed by atoms with Crippen LogP contribution in [-0.4, -0.2) is 40.2 Å². The molecule has 0 atom stereocenters. The highest BCUT2D eigenvalue weighted by atomic mass is 35.5. The van der Waals surface area contributed by atoms with E-state index in [1.807, 2.05) is 66.0 Å². The van der Waals surface area contributed by atoms with Gasteiger partial charge < -0.3 is 10.6 Å². The van der Waals surface area contributed by atoms with Gasteiger partial charge in [0, 0.05) is 21.2 Å². The summed E-state index contributed by atoms with van der Waals surface area (Å²) in [4.78, 5) is 23.4. The van der Waals surface area contributed by atoms with Crippen molar-refractivity contribution in [3.05, 3.63) is 80.8 Å². The fourth-order valence-electron chi connectivity index (χ4n) is 3.54. The maximum absolute atomic E-state index is 12.1. The van der Waals surface area contributed by atoms with Crippen LogP contribution in [0.5, 0.6) is 0 Å². The Morgan fingerprint density at radius 2 is 1.93 bits per heavy atom. The third-order valence-electron chi connectivity index (χ3n) is 4.70. The van der Waals surface area contributed by atoms with Gasteiger partial charge in [-0.25, -0.2) is 4.98 Å². The molecule has 0 fully saturated rings. The van der Waals surface area contributed by atoms with Crippen LogP contribution in [0.2, 0.25) is 10.0 Å². The molecule has 2 aromatic carbocycles. The van der Waals surface area contributed by atoms with E-state index in [-0.39, 0.29) is 12.2 Å². The van der Waals surface area contributed by atoms with Crippen molar-refractivity contribution in [1.29, 1.82) is 0 Å². The Labute approximate surface area is 178 Å². The minimum atomic E-state index is -0.578. The molecule has 0 radical (unpaired) electrons. The summed E-state index contributed by atoms with van der Waals surface area (Å²) < 4.78 is 1.96. The summed E-state index contributed by atoms with van der Waals surface area (Å²) in [6.07, 6.45) is 0. The standard InChI is InChI=1S/C21H19Cl2N5O/c1-27(2)11-18-26-20(21(24)29)17-10-25-19(13-5-3-4-6-15(13)23)14-9-12(22)7-8-16(14)28(17)18/h3-9H,10-11H2,1-2H3,(H2,24,29). The number of hydrogen-bond acceptors (Lipinski definition) is 4. The zero-order chi connectivity index (χ0) is 20.7. The summed E-state index contributed by atoms with van der Waals surface area (Å²) in [7, 11) is 3.88. The van der Waals surface area contributed by atoms with Crippen LogP contribution >= 0.6 is 23.2 Å². The van der Waals surface area contributed by atoms with Gasteiger partial charge >= 0.3 is 0 Å². The predicted octanol–water partition coefficient (Wildman–Crippen LogP) is 3.69. The van der Waals surface area contributed by atoms with Crippen molar-refractivity contribution in [2.75, 3.05) is 14.1 Å². The van der Waals surface area contributed by atoms with Crippen molar-refractivity contribution >= 4 is 34.8 Å². The third-order valence-corrected chi connectivity index (χ3v) is 5.27. The summed E-state index contributed by atoms with van der Waals surface area (Å²) in [6.45, 7) is 0.773. The molecule has 0 aliphatic carbocycles. The van der Waals surface area contributed by atoms with E-state index in [1.165, 1.54) is 0 Å². The van der Waals surface area contributed by atoms with Crippen molar-refractivity contribution in [3.8, 4) is 5.69 Å². The molecule has 1 aliphatic rings. The number of imidazole rings is 1. The quantitative estimate of drug-likeness (QED) is 0.689. The van der Waals surface area contributed by atoms with Gasteiger partial charge in [-0.1, -0.05) is 41.4 Å². The molecule has 1 amide bonds. The van der Waals surface area contributed by atoms with E-state index in [9.17, 15) is 4.79 Å². The number of aromatic nitrogens is 2. The van der Waals surface area contributed by atoms with Crippen LogP contribution in [0.3, 0.4) is 0 Å². The normalized spacial score (nSPS) is 12.9. The highest BCUT2D eigenvalue weighted by Crippen LogP contribution is 2.32. The SMILES string of the molecule is CN(C)Cc1nc(C(N)=O)c2n1-c1ccc(Cl)cc1C(c1ccccc1Cl)=NC2. The fourth-order valence-corrected chi connectivity index (χ4v) is 3.93. The van der Waals surface area contributed by atoms with Gasteiger partial charge in [-0.15, -0.1) is 0 Å². The minimum Gasteiger partial charge on any atom is -0.364 e. The highest BCUT2D eigenvalue weighted by Gasteiger charge is 2.27. The number of benzene rings is 2. The summed E-state index contributed by atoms with van der Waals surface area (Å²) in [5.41, 5.74) is 9.67. The van der Waals surface area contributed by atoms with Gasteiger partial charge in [0.15, 0.2) is 5.69 Å². The number of amides is 1. The van der Waals surface area contributed by atoms with Crippen molar-refractivity contribution in [1.82, 2.24) is 14.5 Å². The van der Waals surface area contributed by atoms with Crippen molar-refractivity contribution < 1.29 is 4.79 Å². The van der Waals surface area contributed by atoms with E-state index < -0.39 is 5.91 Å². The number of aliphatic imine (C=N–C) groups is 1. The number of hydrogen-bond donors (Lipinski definition) is 1. The Bertz CT molecular complexity index is 1150. The molecule has 29 heavy (non-hydrogen) atoms. The van der Waals surface area contributed by atoms with E-state index in [0.717, 1.165) is 16.8 Å². The molecule has 0 bridgehead atoms. The zero-order valence-electron chi connectivity index (χ0n) is 16.0. The van der Waals surface area contributed by atoms with Crippen LogP contribution in [0.4, 0.5) is 0 Å². The highest BCUT2D eigenvalue weighted by molar-refractivity contribution is 6.36. The molecule has 1 aromatic heterocycles. The van der Waals surface area contributed by atoms with Crippen molar-refractivity contribution in [3.63, 3.8) is 0 Å². The summed E-state index contributed by atoms with van der Waals surface area (Å²) in [5, 5.41) is 1.17. The van der Waals surface area contributed by atoms with Crippen LogP contribution in [0.1, 0.15) is 33.1 Å². The first-order valence-electron chi connectivity index (χ1n) is 9.01. The van der Waals surface area contributed by atoms with Gasteiger partial charge in [-0.3, -0.25) is 14.4 Å². The average Bonchev–Trinajstić information content (AvgIpc) is 2.92. The largest absolute Gasteiger partial charge is 0.364 e. The van der Waals surface area contributed by atoms with Crippen LogP contribution in [-0.2, 0) is 13.1 Å². The Hall–Kier alpha value is -2.67. The number of primary amides is 1. The molecule has 4 rings (SSSR count). The molecule has 1 aliphatic heterocycles. The fraction of sp³-hybridized carbons (Fsp3) is 0.190. The first-order chi connectivity index (χ1) is 13.9. The van der Waals surface area contributed by atoms with Crippen LogP contribution in [0, 0.1) is 0 Å². The van der Waals surface area contributed by atoms with Gasteiger partial charge in [0.05, 0.1) is 30.2 Å². The molecule has 0 saturated heterocycles. The molecule has 2 N–H and O–H groups in total. The molecular weight excluding hydrogens is 409 g/mol. The lowest BCUT2D eigenvalue weighted by Crippen LogP contribution is -2.16. The Balaban J connectivity index is 2.03. The topological polar surface area (TPSA) is 76.5 Å². The smallest absolute Gasteiger partial charge is 0.269 e. The van der Waals surface area contributed by atoms with Crippen molar-refractivity contribution in [2.45, 2.75) is 13.1 Å². The molecule has 8 heteroatoms. The number of carbonyl (C=O) groups is 1. The number of carbonyl (C=O) groups excluding carboxylic acids is 1. The second-order valence-corrected chi connectivity index (χ2v) is 7.91. The molecule has 148 valence electrons. The summed E-state index contributed by atoms with van der Waals surface area (Å²) >= 11 is 12.8. The first-order valence-corrected chi connectivity index (χ1v) is 9.77. The Morgan fingerprint density at radius 3 is 2.62 bits per heavy atom. The molecule has 0 spiro atoms. The van der Waals surface area contributed by atoms with Crippen molar-refractivity contribution in [2.24, 2.45) is 10.7 Å². The van der Waals surface area contributed by atoms with Gasteiger partial charge in [0.1, 0.15) is 5.82 Å². The van der Waals surface area contributed by atoms with Crippen LogP contribution in [0.25, 0.3) is 5.69 Å². The van der Waals surface area contributed by atoms with Crippen LogP contribution in [0.15, 0.2) is 47.5 Å². The maximum atomic E-state index is 12.1. The molecular formula is C21H19Cl2N5O. The lowest BCUT2D eigenvalue weighted by atomic mass is 10.0. The second-order valence-electron chi connectivity index (χ2n) is 7.07. The summed E-state index contributed by atoms with van der Waals surface area (Å²) in [6, 6.07) is 13.1. The Kier molecular flexibility index (Phi) is 5.17. The van der Waals surface area contributed by atoms with E-state index in [4.69, 9.17) is 33.9 Å². The number of rotatable bonds is 4. The average molecular weight is 428 g/mol. The lowest BCUT2D eigenvalue weighted by Gasteiger charge is -2.17. The lowest BCUT2D eigenvalue weighted by molar-refractivity contribution is 0.0995. The predicted molar refractivity (Wildman–Crippen MR) is 115 cm³/mol. The number of nitrogens with two attached hydrogens (primary N) is 1. The maximum Gasteiger partial charge on any atom is 0.269 e. The molecule has 0 saturated carbocycles. The van der Waals surface area contributed by atoms with Gasteiger partial charge in [-0.05, 0) is 38.4 Å². The van der Waals surface area contributed by atoms with E-state index >= 15 is 0 Å². The molecule has 2 heterocycles. The van der Waals surface area contributed by atoms with Gasteiger partial charge in [0.25, 0.3) is 5.91 Å². The van der Waals surface area contributed by atoms with E-state index in [2.05, 4.69) is 4.98 Å². The number of fused-ring (bicyclic) bond motifs is 3. The third kappa shape index (κ3) is 3.55. The number of nitrogens with zero attached hydrogens (tertiary/aromatic N) is 4. The number of halogens is 2. The summed E-state index contributed by atoms with van der Waals surface area (Å²) in [5.74, 6) is 0.128. The zero-order valence-corrected chi connectivity index (χ0v) is 17.5. The van der Waals surface area contributed by atoms with Gasteiger partial charge in [-0.2, -0.15) is 0 Å². The second kappa shape index (κ2) is 7.63. The van der Waals surface area contributed by atoms with E-state index in [0.29, 0.717) is 33.8 Å². The molecule has 6 nitrogen and oxygen atoms in total. The monoisotopic (exact) mass is 427 g/mol. The molecule has 0 unspecified atom stereocenters. The van der Waals surface area contributed by atoms with Crippen LogP contribution < -0.4 is 5.73 Å². The minimum absolute atomic E-state index is 0.229. The van der Waals surface area contributed by atoms with E-state index in [1.54, 1.807) is 0 Å².